The maximum Gasteiger partial charge on any atom is 0.276 e. The summed E-state index contributed by atoms with van der Waals surface area (Å²) in [7, 11) is -2.24. The van der Waals surface area contributed by atoms with Crippen molar-refractivity contribution in [3.8, 4) is 0 Å². The topological polar surface area (TPSA) is 89.4 Å². The summed E-state index contributed by atoms with van der Waals surface area (Å²) in [5.74, 6) is 0.609. The lowest BCUT2D eigenvalue weighted by atomic mass is 10.2. The summed E-state index contributed by atoms with van der Waals surface area (Å²) in [6, 6.07) is 0. The summed E-state index contributed by atoms with van der Waals surface area (Å²) in [5.41, 5.74) is 1.43. The molecule has 14 heavy (non-hydrogen) atoms. The van der Waals surface area contributed by atoms with Crippen molar-refractivity contribution in [3.63, 3.8) is 0 Å². The van der Waals surface area contributed by atoms with Crippen molar-refractivity contribution >= 4 is 10.2 Å². The van der Waals surface area contributed by atoms with E-state index in [2.05, 4.69) is 5.16 Å². The van der Waals surface area contributed by atoms with Gasteiger partial charge < -0.3 is 4.52 Å². The van der Waals surface area contributed by atoms with Crippen LogP contribution in [0.4, 0.5) is 0 Å². The van der Waals surface area contributed by atoms with Crippen LogP contribution in [0.1, 0.15) is 17.0 Å². The Hall–Kier alpha value is -0.920. The van der Waals surface area contributed by atoms with Gasteiger partial charge in [0.15, 0.2) is 0 Å². The number of aryl methyl sites for hydroxylation is 2. The molecule has 0 aromatic carbocycles. The van der Waals surface area contributed by atoms with Gasteiger partial charge in [-0.05, 0) is 13.8 Å². The fraction of sp³-hybridized carbons (Fsp3) is 0.571. The van der Waals surface area contributed by atoms with Crippen LogP contribution in [-0.4, -0.2) is 24.9 Å². The van der Waals surface area contributed by atoms with E-state index in [0.29, 0.717) is 11.5 Å². The Bertz CT molecular complexity index is 404. The normalized spacial score (nSPS) is 12.4. The highest BCUT2D eigenvalue weighted by atomic mass is 32.2. The van der Waals surface area contributed by atoms with Crippen LogP contribution in [0.2, 0.25) is 0 Å². The van der Waals surface area contributed by atoms with Gasteiger partial charge in [0.1, 0.15) is 5.76 Å². The summed E-state index contributed by atoms with van der Waals surface area (Å²) in [5, 5.41) is 8.66. The predicted molar refractivity (Wildman–Crippen MR) is 50.6 cm³/mol. The molecule has 0 amide bonds. The van der Waals surface area contributed by atoms with Gasteiger partial charge in [-0.15, -0.1) is 0 Å². The van der Waals surface area contributed by atoms with Crippen LogP contribution in [0.3, 0.4) is 0 Å². The van der Waals surface area contributed by atoms with Gasteiger partial charge >= 0.3 is 0 Å². The molecule has 0 saturated carbocycles. The Labute approximate surface area is 82.9 Å². The molecule has 1 aromatic heterocycles. The number of aromatic nitrogens is 1. The van der Waals surface area contributed by atoms with E-state index in [1.54, 1.807) is 13.8 Å². The molecule has 0 fully saturated rings. The molecule has 1 heterocycles. The Balaban J connectivity index is 2.90. The largest absolute Gasteiger partial charge is 0.361 e. The van der Waals surface area contributed by atoms with E-state index in [1.807, 2.05) is 0 Å². The van der Waals surface area contributed by atoms with Crippen molar-refractivity contribution in [2.75, 3.05) is 7.05 Å². The Morgan fingerprint density at radius 3 is 2.43 bits per heavy atom. The number of hydrogen-bond acceptors (Lipinski definition) is 4. The summed E-state index contributed by atoms with van der Waals surface area (Å²) >= 11 is 0. The predicted octanol–water partition coefficient (Wildman–Crippen LogP) is -0.0733. The molecule has 0 saturated heterocycles. The number of hydrogen-bond donors (Lipinski definition) is 1. The molecular weight excluding hydrogens is 206 g/mol. The molecule has 6 nitrogen and oxygen atoms in total. The van der Waals surface area contributed by atoms with Crippen LogP contribution >= 0.6 is 0 Å². The van der Waals surface area contributed by atoms with Crippen molar-refractivity contribution in [3.05, 3.63) is 17.0 Å². The molecule has 80 valence electrons. The molecular formula is C7H13N3O3S. The molecule has 2 N–H and O–H groups in total. The quantitative estimate of drug-likeness (QED) is 0.770. The van der Waals surface area contributed by atoms with Crippen molar-refractivity contribution in [1.82, 2.24) is 9.46 Å². The van der Waals surface area contributed by atoms with E-state index in [0.717, 1.165) is 9.87 Å². The highest BCUT2D eigenvalue weighted by Gasteiger charge is 2.17. The Morgan fingerprint density at radius 2 is 2.07 bits per heavy atom. The van der Waals surface area contributed by atoms with E-state index in [4.69, 9.17) is 9.66 Å². The van der Waals surface area contributed by atoms with E-state index in [9.17, 15) is 8.42 Å². The van der Waals surface area contributed by atoms with Gasteiger partial charge in [-0.25, -0.2) is 5.14 Å². The highest BCUT2D eigenvalue weighted by Crippen LogP contribution is 2.14. The number of nitrogens with two attached hydrogens (primary N) is 1. The molecule has 1 rings (SSSR count). The van der Waals surface area contributed by atoms with Gasteiger partial charge in [0.2, 0.25) is 0 Å². The van der Waals surface area contributed by atoms with E-state index in [-0.39, 0.29) is 6.54 Å². The first kappa shape index (κ1) is 11.2. The van der Waals surface area contributed by atoms with E-state index in [1.165, 1.54) is 7.05 Å². The highest BCUT2D eigenvalue weighted by molar-refractivity contribution is 7.86. The zero-order valence-corrected chi connectivity index (χ0v) is 9.13. The molecule has 0 bridgehead atoms. The Morgan fingerprint density at radius 1 is 1.50 bits per heavy atom. The first-order chi connectivity index (χ1) is 6.32. The molecule has 0 spiro atoms. The second-order valence-electron chi connectivity index (χ2n) is 3.10. The average Bonchev–Trinajstić information content (AvgIpc) is 2.34. The number of rotatable bonds is 3. The Kier molecular flexibility index (Phi) is 2.93. The minimum absolute atomic E-state index is 0.181. The van der Waals surface area contributed by atoms with Crippen LogP contribution in [0.15, 0.2) is 4.52 Å². The average molecular weight is 219 g/mol. The molecule has 0 unspecified atom stereocenters. The fourth-order valence-electron chi connectivity index (χ4n) is 1.04. The molecule has 0 aliphatic rings. The molecule has 7 heteroatoms. The minimum atomic E-state index is -3.65. The van der Waals surface area contributed by atoms with Gasteiger partial charge in [-0.1, -0.05) is 5.16 Å². The maximum atomic E-state index is 10.9. The molecule has 0 aliphatic heterocycles. The van der Waals surface area contributed by atoms with Crippen molar-refractivity contribution in [2.45, 2.75) is 20.4 Å². The van der Waals surface area contributed by atoms with Crippen molar-refractivity contribution in [1.29, 1.82) is 0 Å². The molecule has 0 atom stereocenters. The van der Waals surface area contributed by atoms with Crippen LogP contribution in [0.25, 0.3) is 0 Å². The monoisotopic (exact) mass is 219 g/mol. The third-order valence-corrected chi connectivity index (χ3v) is 2.99. The first-order valence-corrected chi connectivity index (χ1v) is 5.48. The lowest BCUT2D eigenvalue weighted by Crippen LogP contribution is -2.32. The summed E-state index contributed by atoms with van der Waals surface area (Å²) in [4.78, 5) is 0. The first-order valence-electron chi connectivity index (χ1n) is 3.98. The van der Waals surface area contributed by atoms with Crippen molar-refractivity contribution in [2.24, 2.45) is 5.14 Å². The van der Waals surface area contributed by atoms with Crippen LogP contribution in [-0.2, 0) is 16.8 Å². The summed E-state index contributed by atoms with van der Waals surface area (Å²) in [6.45, 7) is 3.66. The third-order valence-electron chi connectivity index (χ3n) is 2.00. The summed E-state index contributed by atoms with van der Waals surface area (Å²) < 4.78 is 27.8. The molecule has 1 aromatic rings. The molecule has 0 aliphatic carbocycles. The summed E-state index contributed by atoms with van der Waals surface area (Å²) in [6.07, 6.45) is 0. The zero-order valence-electron chi connectivity index (χ0n) is 8.31. The van der Waals surface area contributed by atoms with Gasteiger partial charge in [-0.3, -0.25) is 0 Å². The van der Waals surface area contributed by atoms with E-state index < -0.39 is 10.2 Å². The smallest absolute Gasteiger partial charge is 0.276 e. The van der Waals surface area contributed by atoms with Gasteiger partial charge in [0.05, 0.1) is 5.69 Å². The fourth-order valence-corrected chi connectivity index (χ4v) is 1.35. The van der Waals surface area contributed by atoms with Crippen molar-refractivity contribution < 1.29 is 12.9 Å². The molecule has 0 radical (unpaired) electrons. The number of nitrogens with zero attached hydrogens (tertiary/aromatic N) is 2. The van der Waals surface area contributed by atoms with Crippen LogP contribution in [0, 0.1) is 13.8 Å². The second-order valence-corrected chi connectivity index (χ2v) is 4.76. The van der Waals surface area contributed by atoms with Gasteiger partial charge in [0.25, 0.3) is 10.2 Å². The van der Waals surface area contributed by atoms with Gasteiger partial charge in [0, 0.05) is 19.2 Å². The van der Waals surface area contributed by atoms with Crippen LogP contribution < -0.4 is 5.14 Å². The SMILES string of the molecule is Cc1noc(C)c1CN(C)S(N)(=O)=O. The minimum Gasteiger partial charge on any atom is -0.361 e. The standard InChI is InChI=1S/C7H13N3O3S/c1-5-7(6(2)13-9-5)4-10(3)14(8,11)12/h4H2,1-3H3,(H2,8,11,12). The van der Waals surface area contributed by atoms with Gasteiger partial charge in [-0.2, -0.15) is 12.7 Å². The second kappa shape index (κ2) is 3.68. The lowest BCUT2D eigenvalue weighted by molar-refractivity contribution is 0.390. The lowest BCUT2D eigenvalue weighted by Gasteiger charge is -2.12. The third kappa shape index (κ3) is 2.31. The van der Waals surface area contributed by atoms with E-state index >= 15 is 0 Å². The van der Waals surface area contributed by atoms with Crippen LogP contribution in [0.5, 0.6) is 0 Å². The zero-order chi connectivity index (χ0) is 10.9. The maximum absolute atomic E-state index is 10.9.